The van der Waals surface area contributed by atoms with Crippen LogP contribution in [0.15, 0.2) is 47.1 Å². The third-order valence-corrected chi connectivity index (χ3v) is 6.78. The molecule has 2 N–H and O–H groups in total. The lowest BCUT2D eigenvalue weighted by Gasteiger charge is -2.08. The topological polar surface area (TPSA) is 78.0 Å². The second kappa shape index (κ2) is 8.08. The number of sulfone groups is 1. The summed E-state index contributed by atoms with van der Waals surface area (Å²) in [6.07, 6.45) is 1.35. The summed E-state index contributed by atoms with van der Waals surface area (Å²) in [7, 11) is -3.36. The van der Waals surface area contributed by atoms with E-state index < -0.39 is 9.84 Å². The van der Waals surface area contributed by atoms with Crippen molar-refractivity contribution < 1.29 is 12.8 Å². The number of nitrogens with zero attached hydrogens (tertiary/aromatic N) is 2. The van der Waals surface area contributed by atoms with Gasteiger partial charge in [0.15, 0.2) is 9.84 Å². The van der Waals surface area contributed by atoms with E-state index in [1.54, 1.807) is 25.1 Å². The number of nitrogens with two attached hydrogens (primary N) is 1. The normalized spacial score (nSPS) is 12.7. The zero-order valence-electron chi connectivity index (χ0n) is 17.2. The Labute approximate surface area is 171 Å². The van der Waals surface area contributed by atoms with E-state index in [0.717, 1.165) is 39.1 Å². The van der Waals surface area contributed by atoms with Crippen molar-refractivity contribution >= 4 is 20.7 Å². The highest BCUT2D eigenvalue weighted by atomic mass is 32.2. The van der Waals surface area contributed by atoms with Gasteiger partial charge in [0.05, 0.1) is 17.2 Å². The Morgan fingerprint density at radius 3 is 2.41 bits per heavy atom. The number of aromatic nitrogens is 2. The van der Waals surface area contributed by atoms with Gasteiger partial charge in [0.2, 0.25) is 0 Å². The Bertz CT molecular complexity index is 1190. The molecule has 154 valence electrons. The zero-order chi connectivity index (χ0) is 21.3. The fraction of sp³-hybridized carbons (Fsp3) is 0.318. The van der Waals surface area contributed by atoms with E-state index in [1.807, 2.05) is 37.5 Å². The minimum absolute atomic E-state index is 0.0227. The molecule has 5 nitrogen and oxygen atoms in total. The summed E-state index contributed by atoms with van der Waals surface area (Å²) in [5.41, 5.74) is 10.6. The lowest BCUT2D eigenvalue weighted by atomic mass is 10.0. The molecule has 0 bridgehead atoms. The maximum absolute atomic E-state index is 14.3. The number of benzene rings is 1. The van der Waals surface area contributed by atoms with Gasteiger partial charge in [-0.1, -0.05) is 6.92 Å². The number of fused-ring (bicyclic) bond motifs is 1. The second-order valence-electron chi connectivity index (χ2n) is 7.15. The molecule has 2 aromatic heterocycles. The number of hydrogen-bond donors (Lipinski definition) is 1. The zero-order valence-corrected chi connectivity index (χ0v) is 18.0. The van der Waals surface area contributed by atoms with Gasteiger partial charge in [0.1, 0.15) is 5.83 Å². The predicted octanol–water partition coefficient (Wildman–Crippen LogP) is 4.23. The van der Waals surface area contributed by atoms with Crippen molar-refractivity contribution in [3.05, 3.63) is 59.3 Å². The van der Waals surface area contributed by atoms with Gasteiger partial charge >= 0.3 is 0 Å². The number of hydrogen-bond acceptors (Lipinski definition) is 4. The summed E-state index contributed by atoms with van der Waals surface area (Å²) in [5.74, 6) is -0.305. The van der Waals surface area contributed by atoms with Gasteiger partial charge in [0, 0.05) is 40.1 Å². The van der Waals surface area contributed by atoms with Crippen LogP contribution in [0.5, 0.6) is 0 Å². The first-order valence-corrected chi connectivity index (χ1v) is 11.2. The van der Waals surface area contributed by atoms with Gasteiger partial charge in [0.25, 0.3) is 0 Å². The third kappa shape index (κ3) is 4.11. The lowest BCUT2D eigenvalue weighted by molar-refractivity contribution is 0.555. The predicted molar refractivity (Wildman–Crippen MR) is 115 cm³/mol. The first kappa shape index (κ1) is 21.2. The number of pyridine rings is 1. The van der Waals surface area contributed by atoms with Crippen LogP contribution in [0.4, 0.5) is 4.39 Å². The van der Waals surface area contributed by atoms with Gasteiger partial charge in [-0.05, 0) is 62.7 Å². The van der Waals surface area contributed by atoms with Crippen molar-refractivity contribution in [2.24, 2.45) is 5.73 Å². The molecule has 0 saturated heterocycles. The van der Waals surface area contributed by atoms with Crippen LogP contribution in [0, 0.1) is 20.8 Å². The number of aryl methyl sites for hydroxylation is 2. The van der Waals surface area contributed by atoms with Crippen LogP contribution in [0.3, 0.4) is 0 Å². The minimum atomic E-state index is -3.36. The number of rotatable bonds is 6. The Balaban J connectivity index is 2.36. The summed E-state index contributed by atoms with van der Waals surface area (Å²) >= 11 is 0. The lowest BCUT2D eigenvalue weighted by Crippen LogP contribution is -2.04. The van der Waals surface area contributed by atoms with Gasteiger partial charge in [-0.15, -0.1) is 0 Å². The average molecular weight is 416 g/mol. The summed E-state index contributed by atoms with van der Waals surface area (Å²) in [6, 6.07) is 8.97. The van der Waals surface area contributed by atoms with E-state index in [2.05, 4.69) is 4.98 Å². The molecular formula is C22H26FN3O2S. The second-order valence-corrected chi connectivity index (χ2v) is 9.43. The molecule has 3 rings (SSSR count). The molecule has 1 aromatic carbocycles. The molecule has 0 spiro atoms. The van der Waals surface area contributed by atoms with Crippen molar-refractivity contribution in [2.75, 3.05) is 12.3 Å². The highest BCUT2D eigenvalue weighted by molar-refractivity contribution is 7.91. The molecular weight excluding hydrogens is 389 g/mol. The molecule has 0 amide bonds. The minimum Gasteiger partial charge on any atom is -0.337 e. The van der Waals surface area contributed by atoms with Gasteiger partial charge < -0.3 is 10.3 Å². The van der Waals surface area contributed by atoms with Crippen LogP contribution in [0.25, 0.3) is 22.0 Å². The van der Waals surface area contributed by atoms with Gasteiger partial charge in [-0.3, -0.25) is 4.98 Å². The summed E-state index contributed by atoms with van der Waals surface area (Å²) in [5, 5.41) is 0.780. The molecule has 0 aliphatic carbocycles. The average Bonchev–Trinajstić information content (AvgIpc) is 2.92. The van der Waals surface area contributed by atoms with Crippen LogP contribution in [-0.2, 0) is 16.4 Å². The quantitative estimate of drug-likeness (QED) is 0.653. The van der Waals surface area contributed by atoms with E-state index >= 15 is 0 Å². The summed E-state index contributed by atoms with van der Waals surface area (Å²) < 4.78 is 41.1. The fourth-order valence-electron chi connectivity index (χ4n) is 3.71. The van der Waals surface area contributed by atoms with E-state index in [4.69, 9.17) is 5.73 Å². The Kier molecular flexibility index (Phi) is 5.91. The monoisotopic (exact) mass is 415 g/mol. The third-order valence-electron chi connectivity index (χ3n) is 5.05. The van der Waals surface area contributed by atoms with Crippen molar-refractivity contribution in [1.29, 1.82) is 0 Å². The summed E-state index contributed by atoms with van der Waals surface area (Å²) in [4.78, 5) is 4.70. The first-order chi connectivity index (χ1) is 13.7. The first-order valence-electron chi connectivity index (χ1n) is 9.53. The van der Waals surface area contributed by atoms with Crippen molar-refractivity contribution in [3.8, 4) is 11.1 Å². The Morgan fingerprint density at radius 1 is 1.17 bits per heavy atom. The van der Waals surface area contributed by atoms with Crippen LogP contribution < -0.4 is 5.73 Å². The fourth-order valence-corrected chi connectivity index (χ4v) is 4.62. The van der Waals surface area contributed by atoms with E-state index in [1.165, 1.54) is 6.08 Å². The van der Waals surface area contributed by atoms with Crippen LogP contribution in [0.1, 0.15) is 24.0 Å². The molecule has 0 aliphatic rings. The standard InChI is InChI=1S/C22H26FN3O2S/c1-5-29(27,28)19-6-7-21-20(12-19)22(17-10-14(2)25-15(3)11-17)16(4)26(21)13-18(23)8-9-24/h6-8,10-12H,5,9,13,24H2,1-4H3/b18-8-. The van der Waals surface area contributed by atoms with Crippen molar-refractivity contribution in [1.82, 2.24) is 9.55 Å². The van der Waals surface area contributed by atoms with E-state index in [9.17, 15) is 12.8 Å². The molecule has 0 saturated carbocycles. The molecule has 0 unspecified atom stereocenters. The van der Waals surface area contributed by atoms with E-state index in [0.29, 0.717) is 0 Å². The highest BCUT2D eigenvalue weighted by Crippen LogP contribution is 2.37. The number of halogens is 1. The molecule has 0 atom stereocenters. The molecule has 0 aliphatic heterocycles. The maximum atomic E-state index is 14.3. The molecule has 2 heterocycles. The van der Waals surface area contributed by atoms with Crippen LogP contribution in [0.2, 0.25) is 0 Å². The van der Waals surface area contributed by atoms with Crippen molar-refractivity contribution in [2.45, 2.75) is 39.1 Å². The van der Waals surface area contributed by atoms with Crippen LogP contribution in [-0.4, -0.2) is 30.3 Å². The molecule has 29 heavy (non-hydrogen) atoms. The van der Waals surface area contributed by atoms with Crippen molar-refractivity contribution in [3.63, 3.8) is 0 Å². The van der Waals surface area contributed by atoms with Gasteiger partial charge in [-0.2, -0.15) is 0 Å². The Morgan fingerprint density at radius 2 is 1.83 bits per heavy atom. The highest BCUT2D eigenvalue weighted by Gasteiger charge is 2.20. The van der Waals surface area contributed by atoms with Gasteiger partial charge in [-0.25, -0.2) is 12.8 Å². The number of allylic oxidation sites excluding steroid dienone is 1. The summed E-state index contributed by atoms with van der Waals surface area (Å²) in [6.45, 7) is 7.55. The molecule has 0 fully saturated rings. The molecule has 0 radical (unpaired) electrons. The Hall–Kier alpha value is -2.51. The maximum Gasteiger partial charge on any atom is 0.178 e. The smallest absolute Gasteiger partial charge is 0.178 e. The molecule has 7 heteroatoms. The largest absolute Gasteiger partial charge is 0.337 e. The van der Waals surface area contributed by atoms with Crippen LogP contribution >= 0.6 is 0 Å². The molecule has 3 aromatic rings. The van der Waals surface area contributed by atoms with E-state index in [-0.39, 0.29) is 29.6 Å². The SMILES string of the molecule is CCS(=O)(=O)c1ccc2c(c1)c(-c1cc(C)nc(C)c1)c(C)n2C/C(F)=C/CN.